The van der Waals surface area contributed by atoms with E-state index in [1.807, 2.05) is 0 Å². The molecule has 0 nitrogen and oxygen atoms in total. The van der Waals surface area contributed by atoms with Crippen molar-refractivity contribution in [3.05, 3.63) is 0 Å². The maximum atomic E-state index is 11.3. The van der Waals surface area contributed by atoms with E-state index in [2.05, 4.69) is 15.9 Å². The molecule has 0 aromatic carbocycles. The van der Waals surface area contributed by atoms with E-state index in [4.69, 9.17) is 0 Å². The number of hydrogen-bond acceptors (Lipinski definition) is 0. The van der Waals surface area contributed by atoms with Crippen LogP contribution in [0.4, 0.5) is 8.78 Å². The Labute approximate surface area is 50.0 Å². The van der Waals surface area contributed by atoms with Gasteiger partial charge in [0.15, 0.2) is 0 Å². The molecule has 1 unspecified atom stereocenters. The third-order valence-corrected chi connectivity index (χ3v) is 0.877. The molecule has 0 radical (unpaired) electrons. The summed E-state index contributed by atoms with van der Waals surface area (Å²) in [5.74, 6) is 0. The molecule has 0 saturated carbocycles. The molecular weight excluding hydrogens is 166 g/mol. The SMILES string of the molecule is CC(Br)CC(F)F. The van der Waals surface area contributed by atoms with Gasteiger partial charge >= 0.3 is 0 Å². The summed E-state index contributed by atoms with van der Waals surface area (Å²) in [5, 5.41) is 0. The van der Waals surface area contributed by atoms with E-state index in [-0.39, 0.29) is 11.2 Å². The largest absolute Gasteiger partial charge is 0.239 e. The first-order chi connectivity index (χ1) is 3.13. The molecule has 0 N–H and O–H groups in total. The van der Waals surface area contributed by atoms with E-state index in [1.54, 1.807) is 6.92 Å². The van der Waals surface area contributed by atoms with Gasteiger partial charge < -0.3 is 0 Å². The molecule has 0 aromatic heterocycles. The summed E-state index contributed by atoms with van der Waals surface area (Å²) >= 11 is 2.99. The Morgan fingerprint density at radius 2 is 2.00 bits per heavy atom. The van der Waals surface area contributed by atoms with Crippen molar-refractivity contribution in [2.45, 2.75) is 24.6 Å². The van der Waals surface area contributed by atoms with Crippen LogP contribution in [-0.4, -0.2) is 11.3 Å². The van der Waals surface area contributed by atoms with Crippen LogP contribution >= 0.6 is 15.9 Å². The van der Waals surface area contributed by atoms with Crippen molar-refractivity contribution in [3.63, 3.8) is 0 Å². The minimum atomic E-state index is -2.17. The summed E-state index contributed by atoms with van der Waals surface area (Å²) in [4.78, 5) is -0.0625. The summed E-state index contributed by atoms with van der Waals surface area (Å²) in [6, 6.07) is 0. The lowest BCUT2D eigenvalue weighted by Gasteiger charge is -1.97. The minimum Gasteiger partial charge on any atom is -0.210 e. The summed E-state index contributed by atoms with van der Waals surface area (Å²) in [6.45, 7) is 1.70. The highest BCUT2D eigenvalue weighted by molar-refractivity contribution is 9.09. The van der Waals surface area contributed by atoms with Gasteiger partial charge in [-0.1, -0.05) is 22.9 Å². The fourth-order valence-electron chi connectivity index (χ4n) is 0.246. The average molecular weight is 173 g/mol. The predicted molar refractivity (Wildman–Crippen MR) is 29.0 cm³/mol. The molecule has 0 bridgehead atoms. The average Bonchev–Trinajstić information content (AvgIpc) is 1.27. The van der Waals surface area contributed by atoms with Gasteiger partial charge in [0, 0.05) is 11.2 Å². The second-order valence-electron chi connectivity index (χ2n) is 1.41. The van der Waals surface area contributed by atoms with Gasteiger partial charge in [0.2, 0.25) is 6.43 Å². The zero-order valence-corrected chi connectivity index (χ0v) is 5.58. The highest BCUT2D eigenvalue weighted by Gasteiger charge is 2.04. The lowest BCUT2D eigenvalue weighted by molar-refractivity contribution is 0.139. The van der Waals surface area contributed by atoms with Crippen LogP contribution in [0.2, 0.25) is 0 Å². The monoisotopic (exact) mass is 172 g/mol. The Bertz CT molecular complexity index is 39.0. The van der Waals surface area contributed by atoms with E-state index in [9.17, 15) is 8.78 Å². The molecule has 0 amide bonds. The number of halogens is 3. The van der Waals surface area contributed by atoms with Crippen LogP contribution in [0.15, 0.2) is 0 Å². The smallest absolute Gasteiger partial charge is 0.210 e. The van der Waals surface area contributed by atoms with E-state index >= 15 is 0 Å². The molecule has 0 aliphatic carbocycles. The summed E-state index contributed by atoms with van der Waals surface area (Å²) in [7, 11) is 0. The molecule has 0 fully saturated rings. The second kappa shape index (κ2) is 3.36. The Balaban J connectivity index is 2.95. The quantitative estimate of drug-likeness (QED) is 0.562. The highest BCUT2D eigenvalue weighted by Crippen LogP contribution is 2.09. The summed E-state index contributed by atoms with van der Waals surface area (Å²) in [6.07, 6.45) is -2.23. The molecule has 44 valence electrons. The van der Waals surface area contributed by atoms with Crippen molar-refractivity contribution in [3.8, 4) is 0 Å². The van der Waals surface area contributed by atoms with Crippen LogP contribution in [0.1, 0.15) is 13.3 Å². The van der Waals surface area contributed by atoms with Gasteiger partial charge in [0.1, 0.15) is 0 Å². The Hall–Kier alpha value is 0.340. The molecule has 0 spiro atoms. The third-order valence-electron chi connectivity index (χ3n) is 0.503. The van der Waals surface area contributed by atoms with Crippen molar-refractivity contribution < 1.29 is 8.78 Å². The minimum absolute atomic E-state index is 0.0556. The van der Waals surface area contributed by atoms with Crippen molar-refractivity contribution in [1.29, 1.82) is 0 Å². The third kappa shape index (κ3) is 6.34. The normalized spacial score (nSPS) is 15.0. The van der Waals surface area contributed by atoms with Crippen LogP contribution < -0.4 is 0 Å². The van der Waals surface area contributed by atoms with Crippen molar-refractivity contribution in [1.82, 2.24) is 0 Å². The molecule has 7 heavy (non-hydrogen) atoms. The first-order valence-electron chi connectivity index (χ1n) is 2.05. The Kier molecular flexibility index (Phi) is 3.52. The van der Waals surface area contributed by atoms with Gasteiger partial charge in [0.05, 0.1) is 0 Å². The van der Waals surface area contributed by atoms with Crippen LogP contribution in [0.3, 0.4) is 0 Å². The fourth-order valence-corrected chi connectivity index (χ4v) is 0.528. The van der Waals surface area contributed by atoms with Crippen LogP contribution in [0, 0.1) is 0 Å². The topological polar surface area (TPSA) is 0 Å². The molecule has 0 rings (SSSR count). The zero-order valence-electron chi connectivity index (χ0n) is 4.00. The van der Waals surface area contributed by atoms with Gasteiger partial charge in [-0.3, -0.25) is 0 Å². The zero-order chi connectivity index (χ0) is 5.86. The molecule has 0 aliphatic rings. The first-order valence-corrected chi connectivity index (χ1v) is 2.96. The molecule has 0 aliphatic heterocycles. The molecule has 0 aromatic rings. The van der Waals surface area contributed by atoms with Crippen LogP contribution in [0.5, 0.6) is 0 Å². The van der Waals surface area contributed by atoms with Gasteiger partial charge in [-0.25, -0.2) is 8.78 Å². The van der Waals surface area contributed by atoms with E-state index in [0.29, 0.717) is 0 Å². The standard InChI is InChI=1S/C4H7BrF2/c1-3(5)2-4(6)7/h3-4H,2H2,1H3. The molecular formula is C4H7BrF2. The van der Waals surface area contributed by atoms with Crippen LogP contribution in [-0.2, 0) is 0 Å². The lowest BCUT2D eigenvalue weighted by atomic mass is 10.4. The molecule has 3 heteroatoms. The van der Waals surface area contributed by atoms with Gasteiger partial charge in [-0.15, -0.1) is 0 Å². The Morgan fingerprint density at radius 3 is 2.00 bits per heavy atom. The number of alkyl halides is 3. The van der Waals surface area contributed by atoms with E-state index < -0.39 is 6.43 Å². The lowest BCUT2D eigenvalue weighted by Crippen LogP contribution is -1.98. The van der Waals surface area contributed by atoms with Gasteiger partial charge in [-0.2, -0.15) is 0 Å². The molecule has 0 heterocycles. The van der Waals surface area contributed by atoms with Gasteiger partial charge in [0.25, 0.3) is 0 Å². The van der Waals surface area contributed by atoms with Crippen molar-refractivity contribution in [2.75, 3.05) is 0 Å². The van der Waals surface area contributed by atoms with Crippen molar-refractivity contribution in [2.24, 2.45) is 0 Å². The number of rotatable bonds is 2. The van der Waals surface area contributed by atoms with E-state index in [1.165, 1.54) is 0 Å². The second-order valence-corrected chi connectivity index (χ2v) is 2.97. The maximum absolute atomic E-state index is 11.3. The van der Waals surface area contributed by atoms with Gasteiger partial charge in [-0.05, 0) is 0 Å². The Morgan fingerprint density at radius 1 is 1.57 bits per heavy atom. The van der Waals surface area contributed by atoms with Crippen LogP contribution in [0.25, 0.3) is 0 Å². The summed E-state index contributed by atoms with van der Waals surface area (Å²) in [5.41, 5.74) is 0. The number of hydrogen-bond donors (Lipinski definition) is 0. The first kappa shape index (κ1) is 7.34. The molecule has 1 atom stereocenters. The maximum Gasteiger partial charge on any atom is 0.239 e. The predicted octanol–water partition coefficient (Wildman–Crippen LogP) is 2.43. The van der Waals surface area contributed by atoms with Crippen molar-refractivity contribution >= 4 is 15.9 Å². The van der Waals surface area contributed by atoms with E-state index in [0.717, 1.165) is 0 Å². The highest BCUT2D eigenvalue weighted by atomic mass is 79.9. The fraction of sp³-hybridized carbons (Fsp3) is 1.00. The summed E-state index contributed by atoms with van der Waals surface area (Å²) < 4.78 is 22.5. The molecule has 0 saturated heterocycles.